The van der Waals surface area contributed by atoms with Gasteiger partial charge in [-0.15, -0.1) is 5.06 Å². The van der Waals surface area contributed by atoms with E-state index in [1.54, 1.807) is 26.0 Å². The van der Waals surface area contributed by atoms with Gasteiger partial charge < -0.3 is 20.0 Å². The van der Waals surface area contributed by atoms with Gasteiger partial charge in [0.2, 0.25) is 0 Å². The molecular weight excluding hydrogens is 286 g/mol. The third kappa shape index (κ3) is 1.82. The van der Waals surface area contributed by atoms with Gasteiger partial charge >= 0.3 is 0 Å². The number of hydrogen-bond donors (Lipinski definition) is 2. The van der Waals surface area contributed by atoms with Crippen molar-refractivity contribution in [1.82, 2.24) is 5.06 Å². The summed E-state index contributed by atoms with van der Waals surface area (Å²) < 4.78 is 6.16. The van der Waals surface area contributed by atoms with Gasteiger partial charge in [0, 0.05) is 6.42 Å². The Kier molecular flexibility index (Phi) is 3.49. The highest BCUT2D eigenvalue weighted by molar-refractivity contribution is 6.05. The second-order valence-corrected chi connectivity index (χ2v) is 6.42. The van der Waals surface area contributed by atoms with Gasteiger partial charge in [-0.05, 0) is 45.2 Å². The van der Waals surface area contributed by atoms with E-state index in [-0.39, 0.29) is 0 Å². The summed E-state index contributed by atoms with van der Waals surface area (Å²) in [6.07, 6.45) is 4.91. The van der Waals surface area contributed by atoms with Gasteiger partial charge in [0.25, 0.3) is 11.4 Å². The molecule has 2 N–H and O–H groups in total. The quantitative estimate of drug-likeness (QED) is 0.360. The standard InChI is InChI=1S/C15H21N3O4/c1-14(2)13(11-7-6-10-22-11)17(20)15(18(14)21)9-5-3-4-8-12(15)16-19/h6-7,10,19,21H,3-5,8-9H2,1-2H3/b16-12-/t15-/m1/s1. The van der Waals surface area contributed by atoms with Crippen LogP contribution in [0.4, 0.5) is 0 Å². The topological polar surface area (TPSA) is 95.3 Å². The van der Waals surface area contributed by atoms with Crippen molar-refractivity contribution >= 4 is 11.4 Å². The van der Waals surface area contributed by atoms with E-state index in [2.05, 4.69) is 5.16 Å². The third-order valence-corrected chi connectivity index (χ3v) is 4.77. The fourth-order valence-corrected chi connectivity index (χ4v) is 3.66. The zero-order chi connectivity index (χ0) is 16.0. The molecule has 1 atom stereocenters. The molecule has 0 aromatic carbocycles. The Bertz CT molecular complexity index is 621. The summed E-state index contributed by atoms with van der Waals surface area (Å²) >= 11 is 0. The predicted octanol–water partition coefficient (Wildman–Crippen LogP) is 2.55. The summed E-state index contributed by atoms with van der Waals surface area (Å²) in [6, 6.07) is 3.40. The van der Waals surface area contributed by atoms with Crippen LogP contribution in [0.3, 0.4) is 0 Å². The van der Waals surface area contributed by atoms with Gasteiger partial charge in [-0.2, -0.15) is 4.74 Å². The first-order chi connectivity index (χ1) is 10.5. The monoisotopic (exact) mass is 307 g/mol. The summed E-state index contributed by atoms with van der Waals surface area (Å²) in [5.41, 5.74) is -1.68. The Hall–Kier alpha value is -1.86. The number of rotatable bonds is 1. The molecule has 0 radical (unpaired) electrons. The first kappa shape index (κ1) is 15.1. The SMILES string of the molecule is CC1(C)C(c2ccco2)=[N+]([O-])[C@]2(CCCCC/C2=N/O)N1O. The molecule has 0 bridgehead atoms. The van der Waals surface area contributed by atoms with Crippen LogP contribution in [0.2, 0.25) is 0 Å². The Balaban J connectivity index is 2.23. The fourth-order valence-electron chi connectivity index (χ4n) is 3.66. The molecule has 7 nitrogen and oxygen atoms in total. The lowest BCUT2D eigenvalue weighted by molar-refractivity contribution is -0.567. The van der Waals surface area contributed by atoms with Gasteiger partial charge in [0.15, 0.2) is 5.76 Å². The molecule has 1 aromatic heterocycles. The average Bonchev–Trinajstić information content (AvgIpc) is 2.96. The second-order valence-electron chi connectivity index (χ2n) is 6.42. The smallest absolute Gasteiger partial charge is 0.294 e. The van der Waals surface area contributed by atoms with Crippen molar-refractivity contribution in [2.75, 3.05) is 0 Å². The summed E-state index contributed by atoms with van der Waals surface area (Å²) in [7, 11) is 0. The maximum Gasteiger partial charge on any atom is 0.294 e. The number of hydrogen-bond acceptors (Lipinski definition) is 6. The van der Waals surface area contributed by atoms with Gasteiger partial charge in [0.1, 0.15) is 11.3 Å². The molecule has 0 unspecified atom stereocenters. The minimum Gasteiger partial charge on any atom is -0.622 e. The molecule has 2 heterocycles. The van der Waals surface area contributed by atoms with Crippen LogP contribution in [0, 0.1) is 5.21 Å². The lowest BCUT2D eigenvalue weighted by Crippen LogP contribution is -2.59. The molecule has 1 fully saturated rings. The van der Waals surface area contributed by atoms with E-state index in [1.165, 1.54) is 6.26 Å². The first-order valence-electron chi connectivity index (χ1n) is 7.55. The molecule has 22 heavy (non-hydrogen) atoms. The van der Waals surface area contributed by atoms with Crippen molar-refractivity contribution in [3.63, 3.8) is 0 Å². The van der Waals surface area contributed by atoms with Gasteiger partial charge in [-0.3, -0.25) is 0 Å². The van der Waals surface area contributed by atoms with E-state index in [1.807, 2.05) is 0 Å². The highest BCUT2D eigenvalue weighted by Crippen LogP contribution is 2.41. The molecule has 7 heteroatoms. The molecule has 1 saturated carbocycles. The summed E-state index contributed by atoms with van der Waals surface area (Å²) in [4.78, 5) is 0. The van der Waals surface area contributed by atoms with Crippen LogP contribution in [0.1, 0.15) is 51.7 Å². The molecule has 1 aliphatic heterocycles. The van der Waals surface area contributed by atoms with E-state index in [0.717, 1.165) is 29.1 Å². The maximum absolute atomic E-state index is 13.2. The molecule has 2 aliphatic rings. The third-order valence-electron chi connectivity index (χ3n) is 4.77. The zero-order valence-electron chi connectivity index (χ0n) is 12.8. The van der Waals surface area contributed by atoms with Crippen LogP contribution in [0.25, 0.3) is 0 Å². The van der Waals surface area contributed by atoms with Crippen molar-refractivity contribution in [1.29, 1.82) is 0 Å². The number of oxime groups is 1. The molecule has 1 aliphatic carbocycles. The van der Waals surface area contributed by atoms with Gasteiger partial charge in [-0.25, -0.2) is 0 Å². The van der Waals surface area contributed by atoms with Gasteiger partial charge in [0.05, 0.1) is 6.26 Å². The predicted molar refractivity (Wildman–Crippen MR) is 79.2 cm³/mol. The lowest BCUT2D eigenvalue weighted by Gasteiger charge is -2.34. The van der Waals surface area contributed by atoms with E-state index < -0.39 is 11.2 Å². The largest absolute Gasteiger partial charge is 0.622 e. The van der Waals surface area contributed by atoms with E-state index in [0.29, 0.717) is 30.0 Å². The van der Waals surface area contributed by atoms with Crippen LogP contribution in [-0.2, 0) is 0 Å². The van der Waals surface area contributed by atoms with E-state index >= 15 is 0 Å². The van der Waals surface area contributed by atoms with E-state index in [9.17, 15) is 15.6 Å². The van der Waals surface area contributed by atoms with E-state index in [4.69, 9.17) is 4.42 Å². The molecule has 1 aromatic rings. The summed E-state index contributed by atoms with van der Waals surface area (Å²) in [5, 5.41) is 37.8. The van der Waals surface area contributed by atoms with Crippen LogP contribution in [0.15, 0.2) is 28.0 Å². The van der Waals surface area contributed by atoms with Crippen molar-refractivity contribution < 1.29 is 19.6 Å². The van der Waals surface area contributed by atoms with Crippen molar-refractivity contribution in [3.05, 3.63) is 29.4 Å². The zero-order valence-corrected chi connectivity index (χ0v) is 12.8. The van der Waals surface area contributed by atoms with Crippen LogP contribution >= 0.6 is 0 Å². The Morgan fingerprint density at radius 3 is 2.77 bits per heavy atom. The first-order valence-corrected chi connectivity index (χ1v) is 7.55. The minimum absolute atomic E-state index is 0.303. The molecule has 0 amide bonds. The number of furan rings is 1. The van der Waals surface area contributed by atoms with Gasteiger partial charge in [-0.1, -0.05) is 11.6 Å². The minimum atomic E-state index is -1.36. The summed E-state index contributed by atoms with van der Waals surface area (Å²) in [5.74, 6) is 0.414. The lowest BCUT2D eigenvalue weighted by atomic mass is 9.94. The highest BCUT2D eigenvalue weighted by atomic mass is 16.6. The van der Waals surface area contributed by atoms with Crippen molar-refractivity contribution in [2.45, 2.75) is 57.2 Å². The maximum atomic E-state index is 13.2. The normalized spacial score (nSPS) is 31.1. The number of nitrogens with zero attached hydrogens (tertiary/aromatic N) is 3. The van der Waals surface area contributed by atoms with Crippen LogP contribution in [0.5, 0.6) is 0 Å². The fraction of sp³-hybridized carbons (Fsp3) is 0.600. The Labute approximate surface area is 128 Å². The second kappa shape index (κ2) is 5.10. The molecule has 3 rings (SSSR count). The average molecular weight is 307 g/mol. The Morgan fingerprint density at radius 1 is 1.36 bits per heavy atom. The van der Waals surface area contributed by atoms with Crippen molar-refractivity contribution in [3.8, 4) is 0 Å². The molecule has 1 spiro atoms. The van der Waals surface area contributed by atoms with Crippen LogP contribution in [-0.4, -0.2) is 42.8 Å². The Morgan fingerprint density at radius 2 is 2.14 bits per heavy atom. The highest BCUT2D eigenvalue weighted by Gasteiger charge is 2.65. The summed E-state index contributed by atoms with van der Waals surface area (Å²) in [6.45, 7) is 3.51. The number of hydroxylamine groups is 3. The molecule has 0 saturated heterocycles. The van der Waals surface area contributed by atoms with Crippen LogP contribution < -0.4 is 0 Å². The molecular formula is C15H21N3O4. The molecule has 120 valence electrons. The van der Waals surface area contributed by atoms with Crippen molar-refractivity contribution in [2.24, 2.45) is 5.16 Å².